The predicted octanol–water partition coefficient (Wildman–Crippen LogP) is 2.44. The zero-order chi connectivity index (χ0) is 16.4. The normalized spacial score (nSPS) is 12.3. The number of para-hydroxylation sites is 1. The molecule has 6 nitrogen and oxygen atoms in total. The van der Waals surface area contributed by atoms with E-state index in [0.29, 0.717) is 17.6 Å². The molecule has 0 aliphatic carbocycles. The molecule has 3 rings (SSSR count). The first-order chi connectivity index (χ1) is 11.1. The molecule has 3 aromatic rings. The van der Waals surface area contributed by atoms with Crippen molar-refractivity contribution in [3.63, 3.8) is 0 Å². The number of pyridine rings is 1. The van der Waals surface area contributed by atoms with Crippen LogP contribution in [0.15, 0.2) is 41.6 Å². The van der Waals surface area contributed by atoms with Crippen LogP contribution in [0.1, 0.15) is 41.1 Å². The van der Waals surface area contributed by atoms with E-state index in [2.05, 4.69) is 20.3 Å². The van der Waals surface area contributed by atoms with Gasteiger partial charge in [-0.05, 0) is 25.0 Å². The number of fused-ring (bicyclic) bond motifs is 1. The summed E-state index contributed by atoms with van der Waals surface area (Å²) in [6.07, 6.45) is 5.48. The van der Waals surface area contributed by atoms with Gasteiger partial charge in [0.15, 0.2) is 0 Å². The fourth-order valence-electron chi connectivity index (χ4n) is 2.64. The Labute approximate surface area is 133 Å². The Bertz CT molecular complexity index is 897. The van der Waals surface area contributed by atoms with Gasteiger partial charge in [-0.25, -0.2) is 4.98 Å². The topological polar surface area (TPSA) is 90.6 Å². The van der Waals surface area contributed by atoms with E-state index in [1.54, 1.807) is 18.5 Å². The number of H-pyrrole nitrogens is 2. The van der Waals surface area contributed by atoms with E-state index in [1.807, 2.05) is 26.0 Å². The minimum absolute atomic E-state index is 0.105. The summed E-state index contributed by atoms with van der Waals surface area (Å²) in [5.74, 6) is 0.270. The number of amides is 1. The number of carbonyl (C=O) groups is 1. The molecule has 23 heavy (non-hydrogen) atoms. The van der Waals surface area contributed by atoms with Crippen LogP contribution in [-0.4, -0.2) is 20.9 Å². The molecule has 0 fully saturated rings. The third-order valence-electron chi connectivity index (χ3n) is 3.93. The maximum atomic E-state index is 12.6. The van der Waals surface area contributed by atoms with Crippen LogP contribution in [0.2, 0.25) is 0 Å². The third kappa shape index (κ3) is 2.75. The van der Waals surface area contributed by atoms with Gasteiger partial charge in [-0.3, -0.25) is 9.59 Å². The van der Waals surface area contributed by atoms with Gasteiger partial charge >= 0.3 is 0 Å². The van der Waals surface area contributed by atoms with Gasteiger partial charge in [0.25, 0.3) is 5.91 Å². The van der Waals surface area contributed by atoms with Crippen LogP contribution < -0.4 is 10.7 Å². The number of hydrogen-bond acceptors (Lipinski definition) is 3. The van der Waals surface area contributed by atoms with Gasteiger partial charge in [-0.2, -0.15) is 0 Å². The predicted molar refractivity (Wildman–Crippen MR) is 88.4 cm³/mol. The van der Waals surface area contributed by atoms with Gasteiger partial charge in [-0.1, -0.05) is 19.1 Å². The Morgan fingerprint density at radius 3 is 2.87 bits per heavy atom. The number of aromatic amines is 2. The second-order valence-electron chi connectivity index (χ2n) is 5.44. The van der Waals surface area contributed by atoms with Crippen molar-refractivity contribution >= 4 is 16.8 Å². The van der Waals surface area contributed by atoms with E-state index >= 15 is 0 Å². The molecule has 0 aliphatic heterocycles. The highest BCUT2D eigenvalue weighted by Gasteiger charge is 2.19. The molecule has 1 atom stereocenters. The van der Waals surface area contributed by atoms with Gasteiger partial charge in [0.2, 0.25) is 5.43 Å². The first kappa shape index (κ1) is 15.0. The summed E-state index contributed by atoms with van der Waals surface area (Å²) in [4.78, 5) is 35.3. The Morgan fingerprint density at radius 2 is 2.17 bits per heavy atom. The number of aromatic nitrogens is 3. The molecule has 0 saturated carbocycles. The van der Waals surface area contributed by atoms with Crippen LogP contribution in [-0.2, 0) is 0 Å². The Kier molecular flexibility index (Phi) is 3.97. The summed E-state index contributed by atoms with van der Waals surface area (Å²) >= 11 is 0. The molecule has 2 heterocycles. The van der Waals surface area contributed by atoms with E-state index in [1.165, 1.54) is 6.20 Å². The van der Waals surface area contributed by atoms with Crippen LogP contribution >= 0.6 is 0 Å². The SMILES string of the molecule is CCC(NC(=O)c1c[nH]c2c(C)cccc2c1=O)c1ncc[nH]1. The number of hydrogen-bond donors (Lipinski definition) is 3. The van der Waals surface area contributed by atoms with Crippen LogP contribution in [0, 0.1) is 6.92 Å². The molecule has 0 saturated heterocycles. The van der Waals surface area contributed by atoms with Crippen LogP contribution in [0.25, 0.3) is 10.9 Å². The van der Waals surface area contributed by atoms with Crippen molar-refractivity contribution in [2.24, 2.45) is 0 Å². The summed E-state index contributed by atoms with van der Waals surface area (Å²) < 4.78 is 0. The van der Waals surface area contributed by atoms with Gasteiger partial charge in [0.05, 0.1) is 11.6 Å². The average Bonchev–Trinajstić information content (AvgIpc) is 3.08. The lowest BCUT2D eigenvalue weighted by molar-refractivity contribution is 0.0932. The molecule has 0 spiro atoms. The Balaban J connectivity index is 1.95. The lowest BCUT2D eigenvalue weighted by Crippen LogP contribution is -2.32. The van der Waals surface area contributed by atoms with Crippen molar-refractivity contribution in [1.29, 1.82) is 0 Å². The van der Waals surface area contributed by atoms with Crippen LogP contribution in [0.3, 0.4) is 0 Å². The largest absolute Gasteiger partial charge is 0.360 e. The lowest BCUT2D eigenvalue weighted by Gasteiger charge is -2.14. The summed E-state index contributed by atoms with van der Waals surface area (Å²) in [5.41, 5.74) is 1.56. The first-order valence-corrected chi connectivity index (χ1v) is 7.53. The maximum absolute atomic E-state index is 12.6. The quantitative estimate of drug-likeness (QED) is 0.691. The molecule has 118 valence electrons. The smallest absolute Gasteiger partial charge is 0.257 e. The van der Waals surface area contributed by atoms with Crippen molar-refractivity contribution in [2.75, 3.05) is 0 Å². The van der Waals surface area contributed by atoms with Gasteiger partial charge < -0.3 is 15.3 Å². The highest BCUT2D eigenvalue weighted by molar-refractivity contribution is 5.97. The van der Waals surface area contributed by atoms with Crippen molar-refractivity contribution in [3.05, 3.63) is 64.0 Å². The molecule has 0 radical (unpaired) electrons. The maximum Gasteiger partial charge on any atom is 0.257 e. The van der Waals surface area contributed by atoms with E-state index in [0.717, 1.165) is 11.1 Å². The minimum Gasteiger partial charge on any atom is -0.360 e. The van der Waals surface area contributed by atoms with E-state index < -0.39 is 5.91 Å². The summed E-state index contributed by atoms with van der Waals surface area (Å²) in [5, 5.41) is 3.37. The zero-order valence-electron chi connectivity index (χ0n) is 13.0. The Morgan fingerprint density at radius 1 is 1.35 bits per heavy atom. The van der Waals surface area contributed by atoms with Crippen molar-refractivity contribution in [2.45, 2.75) is 26.3 Å². The van der Waals surface area contributed by atoms with Crippen molar-refractivity contribution in [1.82, 2.24) is 20.3 Å². The number of nitrogens with zero attached hydrogens (tertiary/aromatic N) is 1. The zero-order valence-corrected chi connectivity index (χ0v) is 13.0. The highest BCUT2D eigenvalue weighted by Crippen LogP contribution is 2.15. The fourth-order valence-corrected chi connectivity index (χ4v) is 2.64. The van der Waals surface area contributed by atoms with E-state index in [4.69, 9.17) is 0 Å². The van der Waals surface area contributed by atoms with Crippen molar-refractivity contribution in [3.8, 4) is 0 Å². The molecule has 3 N–H and O–H groups in total. The highest BCUT2D eigenvalue weighted by atomic mass is 16.2. The molecule has 0 aliphatic rings. The second-order valence-corrected chi connectivity index (χ2v) is 5.44. The Hall–Kier alpha value is -2.89. The summed E-state index contributed by atoms with van der Waals surface area (Å²) in [6.45, 7) is 3.86. The average molecular weight is 310 g/mol. The molecule has 2 aromatic heterocycles. The van der Waals surface area contributed by atoms with Crippen LogP contribution in [0.4, 0.5) is 0 Å². The standard InChI is InChI=1S/C17H18N4O2/c1-3-13(16-18-7-8-19-16)21-17(23)12-9-20-14-10(2)5-4-6-11(14)15(12)22/h4-9,13H,3H2,1-2H3,(H,18,19)(H,20,22)(H,21,23). The first-order valence-electron chi connectivity index (χ1n) is 7.53. The van der Waals surface area contributed by atoms with E-state index in [-0.39, 0.29) is 17.0 Å². The molecule has 1 amide bonds. The molecule has 1 unspecified atom stereocenters. The molecule has 6 heteroatoms. The summed E-state index contributed by atoms with van der Waals surface area (Å²) in [7, 11) is 0. The number of benzene rings is 1. The van der Waals surface area contributed by atoms with E-state index in [9.17, 15) is 9.59 Å². The molecular formula is C17H18N4O2. The number of aryl methyl sites for hydroxylation is 1. The molecule has 0 bridgehead atoms. The number of carbonyl (C=O) groups excluding carboxylic acids is 1. The second kappa shape index (κ2) is 6.08. The summed E-state index contributed by atoms with van der Waals surface area (Å²) in [6, 6.07) is 5.20. The molecular weight excluding hydrogens is 292 g/mol. The van der Waals surface area contributed by atoms with Gasteiger partial charge in [-0.15, -0.1) is 0 Å². The number of imidazole rings is 1. The third-order valence-corrected chi connectivity index (χ3v) is 3.93. The van der Waals surface area contributed by atoms with Crippen LogP contribution in [0.5, 0.6) is 0 Å². The lowest BCUT2D eigenvalue weighted by atomic mass is 10.1. The fraction of sp³-hybridized carbons (Fsp3) is 0.235. The van der Waals surface area contributed by atoms with Gasteiger partial charge in [0, 0.05) is 24.0 Å². The molecule has 1 aromatic carbocycles. The number of nitrogens with one attached hydrogen (secondary N) is 3. The van der Waals surface area contributed by atoms with Crippen molar-refractivity contribution < 1.29 is 4.79 Å². The number of rotatable bonds is 4. The minimum atomic E-state index is -0.405. The monoisotopic (exact) mass is 310 g/mol. The van der Waals surface area contributed by atoms with Gasteiger partial charge in [0.1, 0.15) is 11.4 Å².